The first-order valence-electron chi connectivity index (χ1n) is 8.14. The smallest absolute Gasteiger partial charge is 0.256 e. The fourth-order valence-corrected chi connectivity index (χ4v) is 3.69. The molecule has 1 fully saturated rings. The molecule has 1 heterocycles. The Morgan fingerprint density at radius 3 is 2.35 bits per heavy atom. The van der Waals surface area contributed by atoms with Crippen LogP contribution in [0.15, 0.2) is 12.2 Å². The van der Waals surface area contributed by atoms with Gasteiger partial charge in [0.25, 0.3) is 3.12 Å². The van der Waals surface area contributed by atoms with Crippen LogP contribution in [0.5, 0.6) is 0 Å². The van der Waals surface area contributed by atoms with Crippen molar-refractivity contribution in [1.29, 1.82) is 0 Å². The Labute approximate surface area is 158 Å². The number of amides is 2. The molecule has 0 N–H and O–H groups in total. The van der Waals surface area contributed by atoms with Gasteiger partial charge in [-0.3, -0.25) is 9.59 Å². The van der Waals surface area contributed by atoms with E-state index in [4.69, 9.17) is 34.8 Å². The van der Waals surface area contributed by atoms with E-state index in [2.05, 4.69) is 6.92 Å². The molecule has 132 valence electrons. The molecule has 0 saturated carbocycles. The van der Waals surface area contributed by atoms with E-state index in [-0.39, 0.29) is 18.2 Å². The maximum atomic E-state index is 12.1. The van der Waals surface area contributed by atoms with Gasteiger partial charge in [0.05, 0.1) is 5.92 Å². The van der Waals surface area contributed by atoms with Crippen LogP contribution in [0.25, 0.3) is 0 Å². The number of carbonyl (C=O) groups excluding carboxylic acids is 2. The van der Waals surface area contributed by atoms with Crippen LogP contribution in [0.4, 0.5) is 0 Å². The van der Waals surface area contributed by atoms with Crippen LogP contribution in [0.1, 0.15) is 64.7 Å². The number of nitrogens with zero attached hydrogens (tertiary/aromatic N) is 1. The lowest BCUT2D eigenvalue weighted by Crippen LogP contribution is -2.26. The predicted octanol–water partition coefficient (Wildman–Crippen LogP) is 6.03. The van der Waals surface area contributed by atoms with Crippen molar-refractivity contribution in [3.8, 4) is 0 Å². The summed E-state index contributed by atoms with van der Waals surface area (Å²) >= 11 is 17.5. The van der Waals surface area contributed by atoms with Crippen molar-refractivity contribution in [2.24, 2.45) is 5.92 Å². The van der Waals surface area contributed by atoms with Gasteiger partial charge in [0.15, 0.2) is 0 Å². The second-order valence-electron chi connectivity index (χ2n) is 5.71. The number of unbranched alkanes of at least 4 members (excludes halogenated alkanes) is 7. The fraction of sp³-hybridized carbons (Fsp3) is 0.750. The summed E-state index contributed by atoms with van der Waals surface area (Å²) in [6.07, 6.45) is 13.7. The van der Waals surface area contributed by atoms with Crippen LogP contribution in [-0.4, -0.2) is 19.2 Å². The SMILES string of the molecule is CCCCCCCCCC=CC1CC(=O)N(SC(Cl)(Cl)Cl)C1=O. The molecule has 1 aliphatic heterocycles. The summed E-state index contributed by atoms with van der Waals surface area (Å²) in [6.45, 7) is 2.22. The van der Waals surface area contributed by atoms with Crippen LogP contribution in [-0.2, 0) is 9.59 Å². The number of hydrogen-bond acceptors (Lipinski definition) is 3. The first kappa shape index (κ1) is 21.1. The van der Waals surface area contributed by atoms with Gasteiger partial charge in [0.2, 0.25) is 11.8 Å². The highest BCUT2D eigenvalue weighted by molar-refractivity contribution is 8.03. The molecule has 0 aromatic carbocycles. The van der Waals surface area contributed by atoms with Gasteiger partial charge in [-0.1, -0.05) is 92.4 Å². The van der Waals surface area contributed by atoms with Gasteiger partial charge < -0.3 is 0 Å². The van der Waals surface area contributed by atoms with E-state index in [1.165, 1.54) is 38.5 Å². The summed E-state index contributed by atoms with van der Waals surface area (Å²) in [7, 11) is 0. The summed E-state index contributed by atoms with van der Waals surface area (Å²) in [5.74, 6) is -1.04. The lowest BCUT2D eigenvalue weighted by atomic mass is 10.1. The van der Waals surface area contributed by atoms with Gasteiger partial charge in [-0.2, -0.15) is 0 Å². The third-order valence-electron chi connectivity index (χ3n) is 3.68. The molecule has 0 aromatic rings. The maximum Gasteiger partial charge on any atom is 0.256 e. The number of allylic oxidation sites excluding steroid dienone is 1. The molecule has 0 spiro atoms. The molecule has 1 rings (SSSR count). The molecule has 1 saturated heterocycles. The Hall–Kier alpha value is 0.1000. The number of imide groups is 1. The molecule has 3 nitrogen and oxygen atoms in total. The maximum absolute atomic E-state index is 12.1. The zero-order chi connectivity index (χ0) is 17.3. The van der Waals surface area contributed by atoms with E-state index in [0.717, 1.165) is 17.1 Å². The third kappa shape index (κ3) is 8.67. The fourth-order valence-electron chi connectivity index (χ4n) is 2.46. The van der Waals surface area contributed by atoms with E-state index in [9.17, 15) is 9.59 Å². The van der Waals surface area contributed by atoms with E-state index < -0.39 is 9.04 Å². The Morgan fingerprint density at radius 1 is 1.13 bits per heavy atom. The molecule has 1 atom stereocenters. The monoisotopic (exact) mass is 399 g/mol. The molecule has 0 radical (unpaired) electrons. The zero-order valence-corrected chi connectivity index (χ0v) is 16.5. The highest BCUT2D eigenvalue weighted by Crippen LogP contribution is 2.43. The Balaban J connectivity index is 2.24. The Bertz CT molecular complexity index is 424. The van der Waals surface area contributed by atoms with Crippen molar-refractivity contribution in [3.63, 3.8) is 0 Å². The van der Waals surface area contributed by atoms with Crippen LogP contribution >= 0.6 is 46.8 Å². The van der Waals surface area contributed by atoms with Gasteiger partial charge in [-0.05, 0) is 12.8 Å². The van der Waals surface area contributed by atoms with Crippen molar-refractivity contribution in [3.05, 3.63) is 12.2 Å². The first-order valence-corrected chi connectivity index (χ1v) is 10.0. The lowest BCUT2D eigenvalue weighted by molar-refractivity contribution is -0.132. The molecule has 0 aromatic heterocycles. The van der Waals surface area contributed by atoms with Crippen LogP contribution in [0.2, 0.25) is 0 Å². The van der Waals surface area contributed by atoms with Crippen molar-refractivity contribution >= 4 is 58.6 Å². The van der Waals surface area contributed by atoms with Crippen LogP contribution in [0, 0.1) is 5.92 Å². The molecule has 1 aliphatic rings. The number of alkyl halides is 3. The quantitative estimate of drug-likeness (QED) is 0.148. The van der Waals surface area contributed by atoms with E-state index >= 15 is 0 Å². The summed E-state index contributed by atoms with van der Waals surface area (Å²) in [5.41, 5.74) is 0. The zero-order valence-electron chi connectivity index (χ0n) is 13.4. The van der Waals surface area contributed by atoms with E-state index in [1.807, 2.05) is 12.2 Å². The molecule has 2 amide bonds. The van der Waals surface area contributed by atoms with Crippen LogP contribution in [0.3, 0.4) is 0 Å². The molecule has 7 heteroatoms. The summed E-state index contributed by atoms with van der Waals surface area (Å²) < 4.78 is -0.739. The Kier molecular flexibility index (Phi) is 9.98. The second kappa shape index (κ2) is 10.9. The third-order valence-corrected chi connectivity index (χ3v) is 5.07. The highest BCUT2D eigenvalue weighted by atomic mass is 35.6. The predicted molar refractivity (Wildman–Crippen MR) is 99.6 cm³/mol. The normalized spacial score (nSPS) is 19.3. The minimum absolute atomic E-state index is 0.153. The average molecular weight is 401 g/mol. The molecule has 0 aliphatic carbocycles. The van der Waals surface area contributed by atoms with Crippen LogP contribution < -0.4 is 0 Å². The lowest BCUT2D eigenvalue weighted by Gasteiger charge is -2.17. The van der Waals surface area contributed by atoms with E-state index in [1.54, 1.807) is 0 Å². The van der Waals surface area contributed by atoms with Gasteiger partial charge in [-0.15, -0.1) is 0 Å². The van der Waals surface area contributed by atoms with Gasteiger partial charge in [-0.25, -0.2) is 4.31 Å². The number of rotatable bonds is 10. The van der Waals surface area contributed by atoms with Crippen molar-refractivity contribution < 1.29 is 9.59 Å². The molecule has 0 bridgehead atoms. The number of halogens is 3. The summed E-state index contributed by atoms with van der Waals surface area (Å²) in [4.78, 5) is 23.9. The van der Waals surface area contributed by atoms with Gasteiger partial charge in [0.1, 0.15) is 0 Å². The Morgan fingerprint density at radius 2 is 1.74 bits per heavy atom. The summed E-state index contributed by atoms with van der Waals surface area (Å²) in [6, 6.07) is 0. The standard InChI is InChI=1S/C16H24Cl3NO2S/c1-2-3-4-5-6-7-8-9-10-11-13-12-14(21)20(15(13)22)23-16(17,18)19/h10-11,13H,2-9,12H2,1H3. The topological polar surface area (TPSA) is 37.4 Å². The largest absolute Gasteiger partial charge is 0.273 e. The first-order chi connectivity index (χ1) is 10.8. The van der Waals surface area contributed by atoms with Crippen molar-refractivity contribution in [2.45, 2.75) is 67.8 Å². The van der Waals surface area contributed by atoms with Gasteiger partial charge in [0, 0.05) is 18.4 Å². The van der Waals surface area contributed by atoms with Gasteiger partial charge >= 0.3 is 0 Å². The van der Waals surface area contributed by atoms with Crippen molar-refractivity contribution in [1.82, 2.24) is 4.31 Å². The molecule has 23 heavy (non-hydrogen) atoms. The van der Waals surface area contributed by atoms with Crippen molar-refractivity contribution in [2.75, 3.05) is 0 Å². The molecular formula is C16H24Cl3NO2S. The number of hydrogen-bond donors (Lipinski definition) is 0. The minimum atomic E-state index is -1.71. The minimum Gasteiger partial charge on any atom is -0.273 e. The number of carbonyl (C=O) groups is 2. The van der Waals surface area contributed by atoms with E-state index in [0.29, 0.717) is 11.9 Å². The average Bonchev–Trinajstić information content (AvgIpc) is 2.72. The molecular weight excluding hydrogens is 377 g/mol. The summed E-state index contributed by atoms with van der Waals surface area (Å²) in [5, 5.41) is 0. The highest BCUT2D eigenvalue weighted by Gasteiger charge is 2.41. The molecule has 1 unspecified atom stereocenters. The second-order valence-corrected chi connectivity index (χ2v) is 9.83.